The summed E-state index contributed by atoms with van der Waals surface area (Å²) in [5, 5.41) is 0. The lowest BCUT2D eigenvalue weighted by atomic mass is 9.46. The molecule has 0 spiro atoms. The monoisotopic (exact) mass is 558 g/mol. The first-order valence-electron chi connectivity index (χ1n) is 13.3. The topological polar surface area (TPSA) is 86.7 Å². The van der Waals surface area contributed by atoms with Crippen molar-refractivity contribution in [3.63, 3.8) is 0 Å². The SMILES string of the molecule is CCC(COS(=O)(=O)c1cc(C)cc(C(F)(F)F)c1)(C(C)=O)C(=O)OC(C)(C)C12CC3CC(CC(C3)C1)C2. The van der Waals surface area contributed by atoms with E-state index in [1.165, 1.54) is 33.1 Å². The summed E-state index contributed by atoms with van der Waals surface area (Å²) in [7, 11) is -4.72. The number of ether oxygens (including phenoxy) is 1. The van der Waals surface area contributed by atoms with E-state index in [-0.39, 0.29) is 17.4 Å². The predicted molar refractivity (Wildman–Crippen MR) is 133 cm³/mol. The molecule has 0 aliphatic heterocycles. The fourth-order valence-electron chi connectivity index (χ4n) is 7.39. The van der Waals surface area contributed by atoms with E-state index in [2.05, 4.69) is 0 Å². The number of carbonyl (C=O) groups excluding carboxylic acids is 2. The number of rotatable bonds is 9. The summed E-state index contributed by atoms with van der Waals surface area (Å²) in [4.78, 5) is 25.8. The molecular weight excluding hydrogens is 521 g/mol. The van der Waals surface area contributed by atoms with E-state index >= 15 is 0 Å². The van der Waals surface area contributed by atoms with E-state index in [4.69, 9.17) is 8.92 Å². The van der Waals surface area contributed by atoms with Crippen molar-refractivity contribution in [2.45, 2.75) is 96.2 Å². The number of alkyl halides is 3. The summed E-state index contributed by atoms with van der Waals surface area (Å²) >= 11 is 0. The normalized spacial score (nSPS) is 28.7. The van der Waals surface area contributed by atoms with Crippen molar-refractivity contribution >= 4 is 21.9 Å². The van der Waals surface area contributed by atoms with E-state index in [9.17, 15) is 31.2 Å². The van der Waals surface area contributed by atoms with Gasteiger partial charge in [0.1, 0.15) is 11.4 Å². The lowest BCUT2D eigenvalue weighted by molar-refractivity contribution is -0.208. The zero-order valence-electron chi connectivity index (χ0n) is 22.6. The van der Waals surface area contributed by atoms with Crippen LogP contribution < -0.4 is 0 Å². The molecule has 38 heavy (non-hydrogen) atoms. The van der Waals surface area contributed by atoms with Gasteiger partial charge in [-0.3, -0.25) is 13.8 Å². The Morgan fingerprint density at radius 2 is 1.53 bits per heavy atom. The molecule has 0 radical (unpaired) electrons. The van der Waals surface area contributed by atoms with Gasteiger partial charge in [0.15, 0.2) is 5.41 Å². The Morgan fingerprint density at radius 1 is 1.00 bits per heavy atom. The van der Waals surface area contributed by atoms with Crippen molar-refractivity contribution in [2.75, 3.05) is 6.61 Å². The molecule has 4 aliphatic carbocycles. The zero-order chi connectivity index (χ0) is 28.3. The van der Waals surface area contributed by atoms with Gasteiger partial charge in [-0.05, 0) is 114 Å². The molecule has 4 fully saturated rings. The minimum atomic E-state index is -4.75. The molecule has 1 aromatic rings. The van der Waals surface area contributed by atoms with E-state index in [0.717, 1.165) is 31.4 Å². The van der Waals surface area contributed by atoms with Gasteiger partial charge < -0.3 is 4.74 Å². The smallest absolute Gasteiger partial charge is 0.416 e. The molecule has 0 N–H and O–H groups in total. The fourth-order valence-corrected chi connectivity index (χ4v) is 8.48. The van der Waals surface area contributed by atoms with Crippen LogP contribution in [-0.4, -0.2) is 32.4 Å². The summed E-state index contributed by atoms with van der Waals surface area (Å²) in [5.74, 6) is 0.331. The van der Waals surface area contributed by atoms with Crippen LogP contribution in [0.15, 0.2) is 23.1 Å². The van der Waals surface area contributed by atoms with E-state index in [0.29, 0.717) is 23.8 Å². The number of benzene rings is 1. The van der Waals surface area contributed by atoms with Gasteiger partial charge in [-0.2, -0.15) is 21.6 Å². The molecule has 0 aromatic heterocycles. The third kappa shape index (κ3) is 5.15. The quantitative estimate of drug-likeness (QED) is 0.203. The Morgan fingerprint density at radius 3 is 1.97 bits per heavy atom. The van der Waals surface area contributed by atoms with Crippen LogP contribution in [0.1, 0.15) is 83.8 Å². The van der Waals surface area contributed by atoms with Gasteiger partial charge in [-0.1, -0.05) is 6.92 Å². The average molecular weight is 559 g/mol. The highest BCUT2D eigenvalue weighted by molar-refractivity contribution is 7.86. The molecule has 5 rings (SSSR count). The van der Waals surface area contributed by atoms with Crippen molar-refractivity contribution in [1.29, 1.82) is 0 Å². The number of hydrogen-bond donors (Lipinski definition) is 0. The van der Waals surface area contributed by atoms with Crippen molar-refractivity contribution in [3.8, 4) is 0 Å². The molecule has 212 valence electrons. The number of esters is 1. The second kappa shape index (κ2) is 9.61. The predicted octanol–water partition coefficient (Wildman–Crippen LogP) is 6.24. The highest BCUT2D eigenvalue weighted by atomic mass is 32.2. The van der Waals surface area contributed by atoms with E-state index in [1.54, 1.807) is 6.92 Å². The summed E-state index contributed by atoms with van der Waals surface area (Å²) in [6.45, 7) is 6.97. The third-order valence-electron chi connectivity index (χ3n) is 9.46. The summed E-state index contributed by atoms with van der Waals surface area (Å²) in [6, 6.07) is 2.37. The molecule has 4 bridgehead atoms. The van der Waals surface area contributed by atoms with Crippen molar-refractivity contribution in [3.05, 3.63) is 29.3 Å². The minimum absolute atomic E-state index is 0.0760. The van der Waals surface area contributed by atoms with Crippen LogP contribution in [0, 0.1) is 35.5 Å². The highest BCUT2D eigenvalue weighted by Crippen LogP contribution is 2.64. The maximum Gasteiger partial charge on any atom is 0.416 e. The molecule has 4 saturated carbocycles. The summed E-state index contributed by atoms with van der Waals surface area (Å²) in [6.07, 6.45) is 1.64. The molecule has 10 heteroatoms. The minimum Gasteiger partial charge on any atom is -0.458 e. The average Bonchev–Trinajstić information content (AvgIpc) is 2.77. The lowest BCUT2D eigenvalue weighted by Gasteiger charge is -2.61. The maximum atomic E-state index is 13.7. The number of halogens is 3. The van der Waals surface area contributed by atoms with Gasteiger partial charge in [0, 0.05) is 5.41 Å². The van der Waals surface area contributed by atoms with Gasteiger partial charge in [-0.15, -0.1) is 0 Å². The third-order valence-corrected chi connectivity index (χ3v) is 10.7. The first-order valence-corrected chi connectivity index (χ1v) is 14.7. The number of Topliss-reactive ketones (excluding diaryl/α,β-unsaturated/α-hetero) is 1. The molecule has 1 aromatic carbocycles. The van der Waals surface area contributed by atoms with Crippen molar-refractivity contribution in [1.82, 2.24) is 0 Å². The van der Waals surface area contributed by atoms with E-state index in [1.807, 2.05) is 13.8 Å². The number of carbonyl (C=O) groups is 2. The van der Waals surface area contributed by atoms with Gasteiger partial charge in [0.2, 0.25) is 0 Å². The molecule has 0 amide bonds. The maximum absolute atomic E-state index is 13.7. The molecule has 4 aliphatic rings. The largest absolute Gasteiger partial charge is 0.458 e. The van der Waals surface area contributed by atoms with Crippen molar-refractivity contribution in [2.24, 2.45) is 28.6 Å². The second-order valence-corrected chi connectivity index (χ2v) is 14.0. The fraction of sp³-hybridized carbons (Fsp3) is 0.714. The number of ketones is 1. The standard InChI is InChI=1S/C28H37F3O6S/c1-6-27(18(3)32,16-36-38(34,35)23-8-17(2)7-22(12-23)28(29,30)31)24(33)37-25(4,5)26-13-19-9-20(14-26)11-21(10-19)15-26/h7-8,12,19-21H,6,9-11,13-16H2,1-5H3. The second-order valence-electron chi connectivity index (χ2n) is 12.3. The Labute approximate surface area is 222 Å². The van der Waals surface area contributed by atoms with Crippen LogP contribution in [0.4, 0.5) is 13.2 Å². The lowest BCUT2D eigenvalue weighted by Crippen LogP contribution is -2.59. The molecule has 1 unspecified atom stereocenters. The summed E-state index contributed by atoms with van der Waals surface area (Å²) < 4.78 is 76.9. The number of hydrogen-bond acceptors (Lipinski definition) is 6. The summed E-state index contributed by atoms with van der Waals surface area (Å²) in [5.41, 5.74) is -4.05. The van der Waals surface area contributed by atoms with Crippen LogP contribution in [0.5, 0.6) is 0 Å². The van der Waals surface area contributed by atoms with Gasteiger partial charge >= 0.3 is 12.1 Å². The molecular formula is C28H37F3O6S. The molecule has 0 saturated heterocycles. The first-order chi connectivity index (χ1) is 17.4. The molecule has 1 atom stereocenters. The van der Waals surface area contributed by atoms with Crippen LogP contribution in [-0.2, 0) is 34.8 Å². The van der Waals surface area contributed by atoms with E-state index < -0.39 is 56.1 Å². The Bertz CT molecular complexity index is 1180. The Balaban J connectivity index is 1.57. The van der Waals surface area contributed by atoms with Crippen molar-refractivity contribution < 1.29 is 40.1 Å². The highest BCUT2D eigenvalue weighted by Gasteiger charge is 2.60. The molecule has 0 heterocycles. The zero-order valence-corrected chi connectivity index (χ0v) is 23.4. The van der Waals surface area contributed by atoms with Gasteiger partial charge in [0.05, 0.1) is 17.1 Å². The van der Waals surface area contributed by atoms with Gasteiger partial charge in [0.25, 0.3) is 10.1 Å². The van der Waals surface area contributed by atoms with Crippen LogP contribution in [0.2, 0.25) is 0 Å². The Hall–Kier alpha value is -1.94. The Kier molecular flexibility index (Phi) is 7.35. The van der Waals surface area contributed by atoms with Crippen LogP contribution in [0.3, 0.4) is 0 Å². The van der Waals surface area contributed by atoms with Gasteiger partial charge in [-0.25, -0.2) is 0 Å². The van der Waals surface area contributed by atoms with Crippen LogP contribution in [0.25, 0.3) is 0 Å². The first kappa shape index (κ1) is 29.1. The van der Waals surface area contributed by atoms with Crippen LogP contribution >= 0.6 is 0 Å². The number of aryl methyl sites for hydroxylation is 1. The molecule has 6 nitrogen and oxygen atoms in total.